The third-order valence-corrected chi connectivity index (χ3v) is 5.23. The van der Waals surface area contributed by atoms with E-state index in [0.717, 1.165) is 22.4 Å². The Balaban J connectivity index is 1.63. The Morgan fingerprint density at radius 3 is 2.40 bits per heavy atom. The molecule has 0 radical (unpaired) electrons. The number of nitrogens with zero attached hydrogens (tertiary/aromatic N) is 3. The van der Waals surface area contributed by atoms with Crippen molar-refractivity contribution in [1.82, 2.24) is 15.0 Å². The molecular formula is C22H24ClN3O4. The van der Waals surface area contributed by atoms with Crippen LogP contribution in [0.4, 0.5) is 0 Å². The lowest BCUT2D eigenvalue weighted by Crippen LogP contribution is -2.37. The van der Waals surface area contributed by atoms with Crippen LogP contribution in [-0.2, 0) is 11.3 Å². The lowest BCUT2D eigenvalue weighted by Gasteiger charge is -2.21. The smallest absolute Gasteiger partial charge is 0.263 e. The van der Waals surface area contributed by atoms with Gasteiger partial charge in [-0.2, -0.15) is 4.98 Å². The van der Waals surface area contributed by atoms with Crippen molar-refractivity contribution in [1.29, 1.82) is 0 Å². The van der Waals surface area contributed by atoms with Crippen LogP contribution in [0.25, 0.3) is 11.4 Å². The van der Waals surface area contributed by atoms with Gasteiger partial charge in [0.25, 0.3) is 5.91 Å². The van der Waals surface area contributed by atoms with Crippen molar-refractivity contribution in [2.45, 2.75) is 33.4 Å². The van der Waals surface area contributed by atoms with Gasteiger partial charge in [0.05, 0.1) is 13.7 Å². The second kappa shape index (κ2) is 9.17. The number of likely N-dealkylation sites (N-methyl/N-ethyl adjacent to an activating group) is 1. The Hall–Kier alpha value is -3.06. The fraction of sp³-hybridized carbons (Fsp3) is 0.318. The van der Waals surface area contributed by atoms with Crippen LogP contribution in [0.1, 0.15) is 23.9 Å². The van der Waals surface area contributed by atoms with Gasteiger partial charge in [-0.05, 0) is 68.3 Å². The first-order chi connectivity index (χ1) is 14.3. The molecule has 0 spiro atoms. The highest BCUT2D eigenvalue weighted by Gasteiger charge is 2.22. The van der Waals surface area contributed by atoms with E-state index in [9.17, 15) is 4.79 Å². The average Bonchev–Trinajstić information content (AvgIpc) is 3.19. The highest BCUT2D eigenvalue weighted by Crippen LogP contribution is 2.26. The maximum absolute atomic E-state index is 12.7. The number of rotatable bonds is 7. The molecule has 1 amide bonds. The number of aryl methyl sites for hydroxylation is 2. The molecule has 8 heteroatoms. The maximum atomic E-state index is 12.7. The number of carbonyl (C=O) groups excluding carboxylic acids is 1. The highest BCUT2D eigenvalue weighted by atomic mass is 35.5. The van der Waals surface area contributed by atoms with Crippen molar-refractivity contribution in [3.63, 3.8) is 0 Å². The molecular weight excluding hydrogens is 406 g/mol. The molecule has 0 aliphatic rings. The number of methoxy groups -OCH3 is 1. The third-order valence-electron chi connectivity index (χ3n) is 4.64. The van der Waals surface area contributed by atoms with Crippen LogP contribution < -0.4 is 9.47 Å². The molecule has 0 bridgehead atoms. The van der Waals surface area contributed by atoms with E-state index < -0.39 is 6.10 Å². The number of carbonyl (C=O) groups is 1. The third kappa shape index (κ3) is 4.91. The molecule has 0 saturated heterocycles. The summed E-state index contributed by atoms with van der Waals surface area (Å²) in [5.41, 5.74) is 2.60. The zero-order valence-corrected chi connectivity index (χ0v) is 18.4. The number of amides is 1. The minimum atomic E-state index is -0.682. The molecule has 0 aliphatic carbocycles. The van der Waals surface area contributed by atoms with E-state index in [4.69, 9.17) is 25.6 Å². The van der Waals surface area contributed by atoms with Crippen LogP contribution in [0.3, 0.4) is 0 Å². The van der Waals surface area contributed by atoms with E-state index >= 15 is 0 Å². The molecule has 158 valence electrons. The van der Waals surface area contributed by atoms with Crippen LogP contribution in [0.2, 0.25) is 5.02 Å². The predicted octanol–water partition coefficient (Wildman–Crippen LogP) is 4.44. The van der Waals surface area contributed by atoms with Crippen molar-refractivity contribution < 1.29 is 18.8 Å². The Bertz CT molecular complexity index is 1010. The molecule has 0 saturated carbocycles. The molecule has 3 aromatic rings. The van der Waals surface area contributed by atoms with Gasteiger partial charge in [-0.3, -0.25) is 4.79 Å². The van der Waals surface area contributed by atoms with Crippen LogP contribution in [0.5, 0.6) is 11.5 Å². The van der Waals surface area contributed by atoms with Crippen molar-refractivity contribution >= 4 is 17.5 Å². The molecule has 3 rings (SSSR count). The molecule has 1 atom stereocenters. The molecule has 0 fully saturated rings. The van der Waals surface area contributed by atoms with Crippen molar-refractivity contribution in [3.05, 3.63) is 58.4 Å². The number of aromatic nitrogens is 2. The topological polar surface area (TPSA) is 77.7 Å². The Morgan fingerprint density at radius 2 is 1.80 bits per heavy atom. The largest absolute Gasteiger partial charge is 0.497 e. The number of ether oxygens (including phenoxy) is 2. The first-order valence-electron chi connectivity index (χ1n) is 9.44. The van der Waals surface area contributed by atoms with Gasteiger partial charge in [-0.25, -0.2) is 0 Å². The van der Waals surface area contributed by atoms with Crippen LogP contribution in [0, 0.1) is 13.8 Å². The molecule has 0 unspecified atom stereocenters. The molecule has 30 heavy (non-hydrogen) atoms. The van der Waals surface area contributed by atoms with Gasteiger partial charge in [0.2, 0.25) is 11.7 Å². The van der Waals surface area contributed by atoms with Crippen molar-refractivity contribution in [3.8, 4) is 22.9 Å². The highest BCUT2D eigenvalue weighted by molar-refractivity contribution is 6.32. The van der Waals surface area contributed by atoms with Gasteiger partial charge in [-0.15, -0.1) is 0 Å². The first kappa shape index (κ1) is 21.6. The summed E-state index contributed by atoms with van der Waals surface area (Å²) in [6.45, 7) is 5.68. The number of halogens is 1. The monoisotopic (exact) mass is 429 g/mol. The van der Waals surface area contributed by atoms with E-state index in [0.29, 0.717) is 22.5 Å². The van der Waals surface area contributed by atoms with Gasteiger partial charge < -0.3 is 18.9 Å². The molecule has 1 heterocycles. The average molecular weight is 430 g/mol. The predicted molar refractivity (Wildman–Crippen MR) is 114 cm³/mol. The summed E-state index contributed by atoms with van der Waals surface area (Å²) >= 11 is 6.19. The lowest BCUT2D eigenvalue weighted by molar-refractivity contribution is -0.137. The zero-order chi connectivity index (χ0) is 21.8. The second-order valence-corrected chi connectivity index (χ2v) is 7.44. The summed E-state index contributed by atoms with van der Waals surface area (Å²) in [7, 11) is 3.27. The summed E-state index contributed by atoms with van der Waals surface area (Å²) in [6.07, 6.45) is -0.682. The minimum Gasteiger partial charge on any atom is -0.497 e. The van der Waals surface area contributed by atoms with E-state index in [1.54, 1.807) is 21.1 Å². The summed E-state index contributed by atoms with van der Waals surface area (Å²) in [5.74, 6) is 1.92. The van der Waals surface area contributed by atoms with Gasteiger partial charge in [0.15, 0.2) is 6.10 Å². The van der Waals surface area contributed by atoms with Crippen LogP contribution >= 0.6 is 11.6 Å². The van der Waals surface area contributed by atoms with Crippen molar-refractivity contribution in [2.24, 2.45) is 0 Å². The van der Waals surface area contributed by atoms with E-state index in [1.807, 2.05) is 50.2 Å². The summed E-state index contributed by atoms with van der Waals surface area (Å²) < 4.78 is 16.3. The lowest BCUT2D eigenvalue weighted by atomic mass is 10.1. The van der Waals surface area contributed by atoms with Gasteiger partial charge in [0, 0.05) is 17.6 Å². The Kier molecular flexibility index (Phi) is 6.62. The maximum Gasteiger partial charge on any atom is 0.263 e. The minimum absolute atomic E-state index is 0.175. The molecule has 7 nitrogen and oxygen atoms in total. The second-order valence-electron chi connectivity index (χ2n) is 7.07. The normalized spacial score (nSPS) is 11.8. The number of benzene rings is 2. The van der Waals surface area contributed by atoms with Gasteiger partial charge in [-0.1, -0.05) is 16.8 Å². The summed E-state index contributed by atoms with van der Waals surface area (Å²) in [6, 6.07) is 11.0. The number of hydrogen-bond acceptors (Lipinski definition) is 6. The Morgan fingerprint density at radius 1 is 1.17 bits per heavy atom. The van der Waals surface area contributed by atoms with E-state index in [-0.39, 0.29) is 12.5 Å². The standard InChI is InChI=1S/C22H24ClN3O4/c1-13-10-18(11-14(2)20(13)23)29-15(3)22(27)26(4)12-19-24-21(25-30-19)16-6-8-17(28-5)9-7-16/h6-11,15H,12H2,1-5H3/t15-/m0/s1. The van der Waals surface area contributed by atoms with E-state index in [1.165, 1.54) is 4.90 Å². The van der Waals surface area contributed by atoms with Gasteiger partial charge >= 0.3 is 0 Å². The van der Waals surface area contributed by atoms with E-state index in [2.05, 4.69) is 10.1 Å². The first-order valence-corrected chi connectivity index (χ1v) is 9.81. The SMILES string of the molecule is COc1ccc(-c2noc(CN(C)C(=O)[C@H](C)Oc3cc(C)c(Cl)c(C)c3)n2)cc1. The molecule has 0 aliphatic heterocycles. The molecule has 2 aromatic carbocycles. The van der Waals surface area contributed by atoms with Crippen LogP contribution in [0.15, 0.2) is 40.9 Å². The molecule has 0 N–H and O–H groups in total. The van der Waals surface area contributed by atoms with Gasteiger partial charge in [0.1, 0.15) is 11.5 Å². The van der Waals surface area contributed by atoms with Crippen LogP contribution in [-0.4, -0.2) is 41.2 Å². The fourth-order valence-corrected chi connectivity index (χ4v) is 3.11. The zero-order valence-electron chi connectivity index (χ0n) is 17.6. The van der Waals surface area contributed by atoms with Crippen molar-refractivity contribution in [2.75, 3.05) is 14.2 Å². The Labute approximate surface area is 180 Å². The fourth-order valence-electron chi connectivity index (χ4n) is 3.00. The summed E-state index contributed by atoms with van der Waals surface area (Å²) in [4.78, 5) is 18.6. The summed E-state index contributed by atoms with van der Waals surface area (Å²) in [5, 5.41) is 4.68. The molecule has 1 aromatic heterocycles. The quantitative estimate of drug-likeness (QED) is 0.552. The number of hydrogen-bond donors (Lipinski definition) is 0.